The first-order valence-corrected chi connectivity index (χ1v) is 10.0. The predicted molar refractivity (Wildman–Crippen MR) is 107 cm³/mol. The molecule has 1 aliphatic heterocycles. The van der Waals surface area contributed by atoms with Gasteiger partial charge in [0.25, 0.3) is 0 Å². The van der Waals surface area contributed by atoms with Gasteiger partial charge in [-0.05, 0) is 37.1 Å². The van der Waals surface area contributed by atoms with Crippen molar-refractivity contribution < 1.29 is 9.53 Å². The summed E-state index contributed by atoms with van der Waals surface area (Å²) in [7, 11) is 0. The maximum atomic E-state index is 12.8. The Morgan fingerprint density at radius 2 is 1.93 bits per heavy atom. The summed E-state index contributed by atoms with van der Waals surface area (Å²) in [5.41, 5.74) is 7.23. The number of aromatic nitrogens is 3. The monoisotopic (exact) mass is 384 g/mol. The van der Waals surface area contributed by atoms with Crippen LogP contribution in [0.15, 0.2) is 24.3 Å². The lowest BCUT2D eigenvalue weighted by molar-refractivity contribution is -0.120. The Balaban J connectivity index is 1.40. The van der Waals surface area contributed by atoms with Gasteiger partial charge < -0.3 is 15.8 Å². The first kappa shape index (κ1) is 19.0. The average molecular weight is 384 g/mol. The van der Waals surface area contributed by atoms with Gasteiger partial charge in [-0.3, -0.25) is 14.8 Å². The zero-order valence-electron chi connectivity index (χ0n) is 16.1. The van der Waals surface area contributed by atoms with E-state index in [1.54, 1.807) is 0 Å². The Morgan fingerprint density at radius 3 is 2.57 bits per heavy atom. The second-order valence-corrected chi connectivity index (χ2v) is 7.64. The Morgan fingerprint density at radius 1 is 1.21 bits per heavy atom. The third-order valence-corrected chi connectivity index (χ3v) is 5.86. The van der Waals surface area contributed by atoms with E-state index in [-0.39, 0.29) is 11.4 Å². The number of benzene rings is 1. The van der Waals surface area contributed by atoms with Crippen molar-refractivity contribution >= 4 is 11.6 Å². The molecule has 1 aromatic carbocycles. The lowest BCUT2D eigenvalue weighted by atomic mass is 9.90. The summed E-state index contributed by atoms with van der Waals surface area (Å²) >= 11 is 0. The van der Waals surface area contributed by atoms with E-state index in [0.29, 0.717) is 24.6 Å². The van der Waals surface area contributed by atoms with Gasteiger partial charge in [-0.25, -0.2) is 4.98 Å². The molecule has 2 fully saturated rings. The molecule has 1 saturated carbocycles. The van der Waals surface area contributed by atoms with E-state index in [2.05, 4.69) is 25.4 Å². The molecule has 8 nitrogen and oxygen atoms in total. The Bertz CT molecular complexity index is 791. The summed E-state index contributed by atoms with van der Waals surface area (Å²) in [5.74, 6) is 1.33. The van der Waals surface area contributed by atoms with Gasteiger partial charge in [-0.1, -0.05) is 12.8 Å². The summed E-state index contributed by atoms with van der Waals surface area (Å²) in [6.07, 6.45) is 5.11. The van der Waals surface area contributed by atoms with Gasteiger partial charge in [0.05, 0.1) is 19.8 Å². The number of morpholine rings is 1. The molecule has 2 aliphatic rings. The summed E-state index contributed by atoms with van der Waals surface area (Å²) in [5, 5.41) is 10.0. The van der Waals surface area contributed by atoms with Crippen molar-refractivity contribution in [2.24, 2.45) is 5.73 Å². The minimum atomic E-state index is -0.00854. The molecule has 150 valence electrons. The normalized spacial score (nSPS) is 19.6. The Hall–Kier alpha value is -2.29. The van der Waals surface area contributed by atoms with Crippen molar-refractivity contribution in [3.05, 3.63) is 30.1 Å². The molecule has 1 saturated heterocycles. The van der Waals surface area contributed by atoms with E-state index in [1.165, 1.54) is 12.8 Å². The van der Waals surface area contributed by atoms with E-state index < -0.39 is 0 Å². The Kier molecular flexibility index (Phi) is 5.70. The van der Waals surface area contributed by atoms with Crippen molar-refractivity contribution in [1.29, 1.82) is 0 Å². The number of anilines is 1. The fourth-order valence-electron chi connectivity index (χ4n) is 4.40. The van der Waals surface area contributed by atoms with Crippen LogP contribution in [-0.2, 0) is 16.1 Å². The molecule has 28 heavy (non-hydrogen) atoms. The highest BCUT2D eigenvalue weighted by Crippen LogP contribution is 2.38. The molecule has 4 N–H and O–H groups in total. The highest BCUT2D eigenvalue weighted by Gasteiger charge is 2.41. The number of H-pyrrole nitrogens is 1. The molecule has 2 aromatic rings. The molecule has 0 atom stereocenters. The molecule has 0 bridgehead atoms. The summed E-state index contributed by atoms with van der Waals surface area (Å²) < 4.78 is 5.50. The second-order valence-electron chi connectivity index (χ2n) is 7.64. The minimum Gasteiger partial charge on any atom is -0.379 e. The molecule has 2 heterocycles. The van der Waals surface area contributed by atoms with Gasteiger partial charge in [-0.15, -0.1) is 0 Å². The lowest BCUT2D eigenvalue weighted by Gasteiger charge is -2.43. The number of aromatic amines is 1. The van der Waals surface area contributed by atoms with E-state index >= 15 is 0 Å². The summed E-state index contributed by atoms with van der Waals surface area (Å²) in [6.45, 7) is 3.69. The molecule has 1 aliphatic carbocycles. The number of amides is 1. The van der Waals surface area contributed by atoms with E-state index in [1.807, 2.05) is 24.3 Å². The first-order chi connectivity index (χ1) is 13.7. The standard InChI is InChI=1S/C20H28N6O2/c21-14-17-23-19(25-24-17)15-3-5-16(6-4-15)22-18(27)13-20(7-1-2-8-20)26-9-11-28-12-10-26/h3-6H,1-2,7-14,21H2,(H,22,27)(H,23,24,25). The van der Waals surface area contributed by atoms with Gasteiger partial charge in [0.1, 0.15) is 5.82 Å². The molecule has 0 unspecified atom stereocenters. The van der Waals surface area contributed by atoms with Crippen LogP contribution in [0.5, 0.6) is 0 Å². The number of nitrogens with two attached hydrogens (primary N) is 1. The van der Waals surface area contributed by atoms with E-state index in [9.17, 15) is 4.79 Å². The molecule has 8 heteroatoms. The maximum Gasteiger partial charge on any atom is 0.226 e. The van der Waals surface area contributed by atoms with E-state index in [4.69, 9.17) is 10.5 Å². The van der Waals surface area contributed by atoms with Crippen molar-refractivity contribution in [3.8, 4) is 11.4 Å². The molecule has 0 radical (unpaired) electrons. The number of carbonyl (C=O) groups excluding carboxylic acids is 1. The molecular formula is C20H28N6O2. The molecule has 1 amide bonds. The van der Waals surface area contributed by atoms with Crippen molar-refractivity contribution in [3.63, 3.8) is 0 Å². The summed E-state index contributed by atoms with van der Waals surface area (Å²) in [6, 6.07) is 7.60. The van der Waals surface area contributed by atoms with Gasteiger partial charge in [0, 0.05) is 36.3 Å². The molecule has 1 aromatic heterocycles. The fraction of sp³-hybridized carbons (Fsp3) is 0.550. The van der Waals surface area contributed by atoms with Crippen LogP contribution in [-0.4, -0.2) is 57.8 Å². The molecule has 0 spiro atoms. The third-order valence-electron chi connectivity index (χ3n) is 5.86. The second kappa shape index (κ2) is 8.38. The number of nitrogens with zero attached hydrogens (tertiary/aromatic N) is 3. The van der Waals surface area contributed by atoms with E-state index in [0.717, 1.165) is 50.4 Å². The van der Waals surface area contributed by atoms with Crippen LogP contribution >= 0.6 is 0 Å². The van der Waals surface area contributed by atoms with Crippen LogP contribution in [0.3, 0.4) is 0 Å². The number of carbonyl (C=O) groups is 1. The quantitative estimate of drug-likeness (QED) is 0.702. The maximum absolute atomic E-state index is 12.8. The van der Waals surface area contributed by atoms with Crippen LogP contribution in [0.4, 0.5) is 5.69 Å². The van der Waals surface area contributed by atoms with Gasteiger partial charge in [0.2, 0.25) is 5.91 Å². The zero-order chi connectivity index (χ0) is 19.4. The predicted octanol–water partition coefficient (Wildman–Crippen LogP) is 1.90. The van der Waals surface area contributed by atoms with Crippen LogP contribution in [0, 0.1) is 0 Å². The average Bonchev–Trinajstić information content (AvgIpc) is 3.39. The fourth-order valence-corrected chi connectivity index (χ4v) is 4.40. The van der Waals surface area contributed by atoms with Crippen LogP contribution < -0.4 is 11.1 Å². The number of rotatable bonds is 6. The van der Waals surface area contributed by atoms with Gasteiger partial charge in [-0.2, -0.15) is 5.10 Å². The number of ether oxygens (including phenoxy) is 1. The SMILES string of the molecule is NCc1nc(-c2ccc(NC(=O)CC3(N4CCOCC4)CCCC3)cc2)n[nH]1. The topological polar surface area (TPSA) is 109 Å². The lowest BCUT2D eigenvalue weighted by Crippen LogP contribution is -2.53. The summed E-state index contributed by atoms with van der Waals surface area (Å²) in [4.78, 5) is 19.6. The highest BCUT2D eigenvalue weighted by atomic mass is 16.5. The smallest absolute Gasteiger partial charge is 0.226 e. The van der Waals surface area contributed by atoms with Crippen LogP contribution in [0.2, 0.25) is 0 Å². The van der Waals surface area contributed by atoms with Crippen LogP contribution in [0.1, 0.15) is 37.9 Å². The molecule has 4 rings (SSSR count). The van der Waals surface area contributed by atoms with Gasteiger partial charge >= 0.3 is 0 Å². The van der Waals surface area contributed by atoms with Gasteiger partial charge in [0.15, 0.2) is 5.82 Å². The number of hydrogen-bond donors (Lipinski definition) is 3. The first-order valence-electron chi connectivity index (χ1n) is 10.0. The van der Waals surface area contributed by atoms with Crippen LogP contribution in [0.25, 0.3) is 11.4 Å². The highest BCUT2D eigenvalue weighted by molar-refractivity contribution is 5.91. The van der Waals surface area contributed by atoms with Crippen molar-refractivity contribution in [2.75, 3.05) is 31.6 Å². The Labute approximate surface area is 164 Å². The van der Waals surface area contributed by atoms with Crippen molar-refractivity contribution in [2.45, 2.75) is 44.2 Å². The number of hydrogen-bond acceptors (Lipinski definition) is 6. The zero-order valence-corrected chi connectivity index (χ0v) is 16.1. The number of nitrogens with one attached hydrogen (secondary N) is 2. The minimum absolute atomic E-state index is 0.00854. The van der Waals surface area contributed by atoms with Crippen molar-refractivity contribution in [1.82, 2.24) is 20.1 Å². The molecular weight excluding hydrogens is 356 g/mol. The largest absolute Gasteiger partial charge is 0.379 e. The third kappa shape index (κ3) is 4.09.